The van der Waals surface area contributed by atoms with Gasteiger partial charge >= 0.3 is 0 Å². The summed E-state index contributed by atoms with van der Waals surface area (Å²) < 4.78 is 13.7. The maximum absolute atomic E-state index is 13.2. The minimum Gasteiger partial charge on any atom is -0.326 e. The maximum Gasteiger partial charge on any atom is 0.137 e. The van der Waals surface area contributed by atoms with Crippen molar-refractivity contribution in [1.82, 2.24) is 4.90 Å². The summed E-state index contributed by atoms with van der Waals surface area (Å²) in [5.74, 6) is -0.232. The number of rotatable bonds is 4. The normalized spacial score (nSPS) is 13.2. The number of halogens is 2. The molecule has 0 saturated heterocycles. The third-order valence-electron chi connectivity index (χ3n) is 2.11. The molecule has 0 aromatic heterocycles. The number of likely N-dealkylation sites (N-methyl/N-ethyl adjacent to an activating group) is 1. The average Bonchev–Trinajstić information content (AvgIpc) is 2.11. The summed E-state index contributed by atoms with van der Waals surface area (Å²) in [6.45, 7) is 0.795. The summed E-state index contributed by atoms with van der Waals surface area (Å²) in [5.41, 5.74) is 6.86. The van der Waals surface area contributed by atoms with Gasteiger partial charge < -0.3 is 10.6 Å². The lowest BCUT2D eigenvalue weighted by Crippen LogP contribution is -2.35. The lowest BCUT2D eigenvalue weighted by Gasteiger charge is -2.17. The molecule has 0 aliphatic heterocycles. The van der Waals surface area contributed by atoms with Crippen LogP contribution >= 0.6 is 15.9 Å². The molecule has 0 radical (unpaired) electrons. The van der Waals surface area contributed by atoms with Gasteiger partial charge in [0.05, 0.1) is 4.47 Å². The first-order valence-corrected chi connectivity index (χ1v) is 5.63. The summed E-state index contributed by atoms with van der Waals surface area (Å²) in [4.78, 5) is 2.03. The standard InChI is InChI=1S/C11H16BrFN2/c1-15(2)7-9(14)6-8-4-3-5-10(13)11(8)12/h3-5,9H,6-7,14H2,1-2H3. The van der Waals surface area contributed by atoms with E-state index in [0.717, 1.165) is 12.1 Å². The highest BCUT2D eigenvalue weighted by molar-refractivity contribution is 9.10. The number of nitrogens with two attached hydrogens (primary N) is 1. The van der Waals surface area contributed by atoms with Crippen LogP contribution in [0.1, 0.15) is 5.56 Å². The van der Waals surface area contributed by atoms with Crippen LogP contribution in [-0.4, -0.2) is 31.6 Å². The molecule has 1 unspecified atom stereocenters. The Morgan fingerprint density at radius 3 is 2.73 bits per heavy atom. The molecule has 0 fully saturated rings. The molecule has 0 spiro atoms. The molecule has 15 heavy (non-hydrogen) atoms. The zero-order valence-electron chi connectivity index (χ0n) is 9.00. The van der Waals surface area contributed by atoms with Gasteiger partial charge in [0.25, 0.3) is 0 Å². The van der Waals surface area contributed by atoms with Crippen LogP contribution < -0.4 is 5.73 Å². The van der Waals surface area contributed by atoms with Crippen molar-refractivity contribution in [2.75, 3.05) is 20.6 Å². The zero-order chi connectivity index (χ0) is 11.4. The molecule has 1 rings (SSSR count). The summed E-state index contributed by atoms with van der Waals surface area (Å²) >= 11 is 3.23. The Morgan fingerprint density at radius 1 is 1.47 bits per heavy atom. The van der Waals surface area contributed by atoms with E-state index in [9.17, 15) is 4.39 Å². The van der Waals surface area contributed by atoms with Crippen molar-refractivity contribution in [2.45, 2.75) is 12.5 Å². The fourth-order valence-electron chi connectivity index (χ4n) is 1.52. The van der Waals surface area contributed by atoms with Gasteiger partial charge in [-0.1, -0.05) is 12.1 Å². The van der Waals surface area contributed by atoms with Crippen molar-refractivity contribution in [1.29, 1.82) is 0 Å². The summed E-state index contributed by atoms with van der Waals surface area (Å²) in [6.07, 6.45) is 0.677. The van der Waals surface area contributed by atoms with Crippen LogP contribution in [0.2, 0.25) is 0 Å². The summed E-state index contributed by atoms with van der Waals surface area (Å²) in [5, 5.41) is 0. The van der Waals surface area contributed by atoms with Gasteiger partial charge in [0.1, 0.15) is 5.82 Å². The van der Waals surface area contributed by atoms with E-state index in [1.807, 2.05) is 25.1 Å². The minimum atomic E-state index is -0.232. The Kier molecular flexibility index (Phi) is 4.70. The Bertz CT molecular complexity index is 328. The van der Waals surface area contributed by atoms with E-state index in [1.54, 1.807) is 6.07 Å². The first-order chi connectivity index (χ1) is 7.00. The Labute approximate surface area is 98.4 Å². The van der Waals surface area contributed by atoms with Crippen molar-refractivity contribution < 1.29 is 4.39 Å². The van der Waals surface area contributed by atoms with E-state index in [0.29, 0.717) is 10.9 Å². The zero-order valence-corrected chi connectivity index (χ0v) is 10.6. The molecule has 1 atom stereocenters. The quantitative estimate of drug-likeness (QED) is 0.911. The monoisotopic (exact) mass is 274 g/mol. The van der Waals surface area contributed by atoms with Crippen LogP contribution in [0.5, 0.6) is 0 Å². The van der Waals surface area contributed by atoms with E-state index in [1.165, 1.54) is 6.07 Å². The molecule has 0 bridgehead atoms. The molecule has 0 saturated carbocycles. The SMILES string of the molecule is CN(C)CC(N)Cc1cccc(F)c1Br. The van der Waals surface area contributed by atoms with Crippen LogP contribution in [0.3, 0.4) is 0 Å². The van der Waals surface area contributed by atoms with Gasteiger partial charge in [0.2, 0.25) is 0 Å². The van der Waals surface area contributed by atoms with Crippen LogP contribution in [0.15, 0.2) is 22.7 Å². The van der Waals surface area contributed by atoms with E-state index in [2.05, 4.69) is 15.9 Å². The fraction of sp³-hybridized carbons (Fsp3) is 0.455. The van der Waals surface area contributed by atoms with Crippen molar-refractivity contribution >= 4 is 15.9 Å². The first kappa shape index (κ1) is 12.6. The van der Waals surface area contributed by atoms with Crippen LogP contribution in [0.4, 0.5) is 4.39 Å². The van der Waals surface area contributed by atoms with Gasteiger partial charge in [-0.3, -0.25) is 0 Å². The number of hydrogen-bond acceptors (Lipinski definition) is 2. The van der Waals surface area contributed by atoms with Crippen molar-refractivity contribution in [3.05, 3.63) is 34.1 Å². The molecular formula is C11H16BrFN2. The maximum atomic E-state index is 13.2. The molecule has 84 valence electrons. The Hall–Kier alpha value is -0.450. The van der Waals surface area contributed by atoms with Crippen molar-refractivity contribution in [3.63, 3.8) is 0 Å². The Morgan fingerprint density at radius 2 is 2.13 bits per heavy atom. The second kappa shape index (κ2) is 5.58. The molecule has 1 aromatic carbocycles. The van der Waals surface area contributed by atoms with Gasteiger partial charge in [-0.15, -0.1) is 0 Å². The van der Waals surface area contributed by atoms with Gasteiger partial charge in [0, 0.05) is 12.6 Å². The van der Waals surface area contributed by atoms with E-state index < -0.39 is 0 Å². The minimum absolute atomic E-state index is 0.0260. The van der Waals surface area contributed by atoms with Gasteiger partial charge in [-0.2, -0.15) is 0 Å². The lowest BCUT2D eigenvalue weighted by molar-refractivity contribution is 0.371. The highest BCUT2D eigenvalue weighted by Gasteiger charge is 2.10. The molecule has 0 aliphatic rings. The second-order valence-corrected chi connectivity index (χ2v) is 4.73. The van der Waals surface area contributed by atoms with Gasteiger partial charge in [0.15, 0.2) is 0 Å². The number of hydrogen-bond donors (Lipinski definition) is 1. The molecule has 2 nitrogen and oxygen atoms in total. The average molecular weight is 275 g/mol. The third kappa shape index (κ3) is 3.89. The first-order valence-electron chi connectivity index (χ1n) is 4.84. The third-order valence-corrected chi connectivity index (χ3v) is 3.00. The fourth-order valence-corrected chi connectivity index (χ4v) is 1.95. The molecule has 4 heteroatoms. The molecule has 1 aromatic rings. The summed E-state index contributed by atoms with van der Waals surface area (Å²) in [7, 11) is 3.95. The van der Waals surface area contributed by atoms with E-state index >= 15 is 0 Å². The molecule has 0 heterocycles. The van der Waals surface area contributed by atoms with Gasteiger partial charge in [-0.25, -0.2) is 4.39 Å². The van der Waals surface area contributed by atoms with Crippen LogP contribution in [0, 0.1) is 5.82 Å². The molecule has 2 N–H and O–H groups in total. The van der Waals surface area contributed by atoms with Crippen LogP contribution in [-0.2, 0) is 6.42 Å². The highest BCUT2D eigenvalue weighted by atomic mass is 79.9. The van der Waals surface area contributed by atoms with Crippen molar-refractivity contribution in [3.8, 4) is 0 Å². The topological polar surface area (TPSA) is 29.3 Å². The molecule has 0 amide bonds. The smallest absolute Gasteiger partial charge is 0.137 e. The summed E-state index contributed by atoms with van der Waals surface area (Å²) in [6, 6.07) is 5.06. The van der Waals surface area contributed by atoms with Crippen molar-refractivity contribution in [2.24, 2.45) is 5.73 Å². The number of nitrogens with zero attached hydrogens (tertiary/aromatic N) is 1. The van der Waals surface area contributed by atoms with E-state index in [4.69, 9.17) is 5.73 Å². The number of benzene rings is 1. The lowest BCUT2D eigenvalue weighted by atomic mass is 10.1. The molecule has 0 aliphatic carbocycles. The van der Waals surface area contributed by atoms with Gasteiger partial charge in [-0.05, 0) is 48.1 Å². The molecular weight excluding hydrogens is 259 g/mol. The largest absolute Gasteiger partial charge is 0.326 e. The highest BCUT2D eigenvalue weighted by Crippen LogP contribution is 2.21. The van der Waals surface area contributed by atoms with E-state index in [-0.39, 0.29) is 11.9 Å². The Balaban J connectivity index is 2.68. The predicted molar refractivity (Wildman–Crippen MR) is 64.3 cm³/mol. The predicted octanol–water partition coefficient (Wildman–Crippen LogP) is 2.02. The second-order valence-electron chi connectivity index (χ2n) is 3.94. The van der Waals surface area contributed by atoms with Crippen LogP contribution in [0.25, 0.3) is 0 Å².